The molecular formula is C21H22N4OS. The first-order valence-electron chi connectivity index (χ1n) is 8.70. The standard InChI is InChI=1S/C21H22N4OS/c1-4-15-25-19(17-11-7-5-8-12-17)22-23-21(25)27-16(2)20(26)24(3)18-13-9-6-10-14-18/h4-14,16H,1,15H2,2-3H3/t16-/m0/s1. The van der Waals surface area contributed by atoms with Crippen molar-refractivity contribution in [2.24, 2.45) is 0 Å². The minimum absolute atomic E-state index is 0.0145. The number of rotatable bonds is 7. The van der Waals surface area contributed by atoms with Crippen LogP contribution in [0.1, 0.15) is 6.92 Å². The van der Waals surface area contributed by atoms with Crippen molar-refractivity contribution in [3.05, 3.63) is 73.3 Å². The second-order valence-electron chi connectivity index (χ2n) is 6.06. The van der Waals surface area contributed by atoms with E-state index in [2.05, 4.69) is 16.8 Å². The summed E-state index contributed by atoms with van der Waals surface area (Å²) in [7, 11) is 1.79. The molecule has 2 aromatic carbocycles. The molecule has 0 saturated carbocycles. The first-order valence-corrected chi connectivity index (χ1v) is 9.58. The van der Waals surface area contributed by atoms with Gasteiger partial charge >= 0.3 is 0 Å². The topological polar surface area (TPSA) is 51.0 Å². The summed E-state index contributed by atoms with van der Waals surface area (Å²) in [6.45, 7) is 6.30. The van der Waals surface area contributed by atoms with Crippen molar-refractivity contribution in [2.75, 3.05) is 11.9 Å². The van der Waals surface area contributed by atoms with Crippen LogP contribution in [0.5, 0.6) is 0 Å². The summed E-state index contributed by atoms with van der Waals surface area (Å²) in [5.74, 6) is 0.787. The number of carbonyl (C=O) groups is 1. The van der Waals surface area contributed by atoms with Crippen LogP contribution in [-0.4, -0.2) is 33.0 Å². The van der Waals surface area contributed by atoms with E-state index in [0.717, 1.165) is 17.1 Å². The molecule has 0 saturated heterocycles. The molecule has 5 nitrogen and oxygen atoms in total. The summed E-state index contributed by atoms with van der Waals surface area (Å²) in [5.41, 5.74) is 1.85. The van der Waals surface area contributed by atoms with Gasteiger partial charge in [-0.1, -0.05) is 66.4 Å². The van der Waals surface area contributed by atoms with Crippen molar-refractivity contribution < 1.29 is 4.79 Å². The molecule has 1 heterocycles. The van der Waals surface area contributed by atoms with Gasteiger partial charge in [0.25, 0.3) is 0 Å². The van der Waals surface area contributed by atoms with Crippen molar-refractivity contribution in [1.82, 2.24) is 14.8 Å². The second-order valence-corrected chi connectivity index (χ2v) is 7.37. The molecule has 3 rings (SSSR count). The molecule has 0 N–H and O–H groups in total. The van der Waals surface area contributed by atoms with Gasteiger partial charge in [0.15, 0.2) is 11.0 Å². The molecule has 0 bridgehead atoms. The van der Waals surface area contributed by atoms with Crippen LogP contribution in [-0.2, 0) is 11.3 Å². The van der Waals surface area contributed by atoms with Crippen LogP contribution in [0, 0.1) is 0 Å². The number of allylic oxidation sites excluding steroid dienone is 1. The van der Waals surface area contributed by atoms with E-state index in [1.165, 1.54) is 11.8 Å². The maximum atomic E-state index is 12.8. The Balaban J connectivity index is 1.81. The molecule has 6 heteroatoms. The summed E-state index contributed by atoms with van der Waals surface area (Å²) in [6, 6.07) is 19.5. The van der Waals surface area contributed by atoms with Crippen molar-refractivity contribution in [1.29, 1.82) is 0 Å². The third kappa shape index (κ3) is 4.28. The van der Waals surface area contributed by atoms with Gasteiger partial charge in [0.2, 0.25) is 5.91 Å². The largest absolute Gasteiger partial charge is 0.315 e. The fourth-order valence-electron chi connectivity index (χ4n) is 2.73. The van der Waals surface area contributed by atoms with Gasteiger partial charge in [-0.15, -0.1) is 16.8 Å². The van der Waals surface area contributed by atoms with Crippen LogP contribution in [0.25, 0.3) is 11.4 Å². The number of hydrogen-bond acceptors (Lipinski definition) is 4. The maximum absolute atomic E-state index is 12.8. The lowest BCUT2D eigenvalue weighted by Gasteiger charge is -2.21. The molecule has 0 aliphatic rings. The molecule has 27 heavy (non-hydrogen) atoms. The monoisotopic (exact) mass is 378 g/mol. The summed E-state index contributed by atoms with van der Waals surface area (Å²) in [6.07, 6.45) is 1.81. The van der Waals surface area contributed by atoms with Crippen LogP contribution in [0.15, 0.2) is 78.5 Å². The van der Waals surface area contributed by atoms with Crippen LogP contribution >= 0.6 is 11.8 Å². The van der Waals surface area contributed by atoms with Crippen LogP contribution in [0.2, 0.25) is 0 Å². The summed E-state index contributed by atoms with van der Waals surface area (Å²) in [5, 5.41) is 9.07. The Morgan fingerprint density at radius 2 is 1.78 bits per heavy atom. The van der Waals surface area contributed by atoms with Crippen molar-refractivity contribution in [3.63, 3.8) is 0 Å². The average Bonchev–Trinajstić information content (AvgIpc) is 3.10. The number of carbonyl (C=O) groups excluding carboxylic acids is 1. The Hall–Kier alpha value is -2.86. The predicted molar refractivity (Wildman–Crippen MR) is 111 cm³/mol. The molecule has 1 amide bonds. The highest BCUT2D eigenvalue weighted by atomic mass is 32.2. The van der Waals surface area contributed by atoms with Gasteiger partial charge in [-0.2, -0.15) is 0 Å². The smallest absolute Gasteiger partial charge is 0.240 e. The number of thioether (sulfide) groups is 1. The number of nitrogens with zero attached hydrogens (tertiary/aromatic N) is 4. The summed E-state index contributed by atoms with van der Waals surface area (Å²) >= 11 is 1.41. The van der Waals surface area contributed by atoms with E-state index in [1.807, 2.05) is 78.2 Å². The Morgan fingerprint density at radius 3 is 2.41 bits per heavy atom. The van der Waals surface area contributed by atoms with Gasteiger partial charge in [0.05, 0.1) is 5.25 Å². The lowest BCUT2D eigenvalue weighted by atomic mass is 10.2. The van der Waals surface area contributed by atoms with E-state index in [4.69, 9.17) is 0 Å². The Morgan fingerprint density at radius 1 is 1.15 bits per heavy atom. The number of hydrogen-bond donors (Lipinski definition) is 0. The van der Waals surface area contributed by atoms with Crippen LogP contribution < -0.4 is 4.90 Å². The van der Waals surface area contributed by atoms with Gasteiger partial charge in [-0.05, 0) is 19.1 Å². The van der Waals surface area contributed by atoms with E-state index >= 15 is 0 Å². The third-order valence-corrected chi connectivity index (χ3v) is 5.23. The van der Waals surface area contributed by atoms with Gasteiger partial charge in [0.1, 0.15) is 0 Å². The highest BCUT2D eigenvalue weighted by Gasteiger charge is 2.23. The van der Waals surface area contributed by atoms with E-state index in [-0.39, 0.29) is 11.2 Å². The highest BCUT2D eigenvalue weighted by Crippen LogP contribution is 2.28. The van der Waals surface area contributed by atoms with Crippen LogP contribution in [0.3, 0.4) is 0 Å². The van der Waals surface area contributed by atoms with Gasteiger partial charge in [-0.25, -0.2) is 0 Å². The summed E-state index contributed by atoms with van der Waals surface area (Å²) in [4.78, 5) is 14.5. The molecule has 0 unspecified atom stereocenters. The number of para-hydroxylation sites is 1. The van der Waals surface area contributed by atoms with Gasteiger partial charge in [0, 0.05) is 24.8 Å². The Kier molecular flexibility index (Phi) is 6.08. The van der Waals surface area contributed by atoms with Crippen molar-refractivity contribution in [2.45, 2.75) is 23.9 Å². The third-order valence-electron chi connectivity index (χ3n) is 4.16. The van der Waals surface area contributed by atoms with Gasteiger partial charge < -0.3 is 4.90 Å². The molecule has 138 valence electrons. The quantitative estimate of drug-likeness (QED) is 0.455. The fourth-order valence-corrected chi connectivity index (χ4v) is 3.68. The minimum Gasteiger partial charge on any atom is -0.315 e. The predicted octanol–water partition coefficient (Wildman–Crippen LogP) is 4.27. The normalized spacial score (nSPS) is 11.8. The van der Waals surface area contributed by atoms with E-state index in [0.29, 0.717) is 11.7 Å². The van der Waals surface area contributed by atoms with E-state index in [9.17, 15) is 4.79 Å². The molecule has 0 radical (unpaired) electrons. The highest BCUT2D eigenvalue weighted by molar-refractivity contribution is 8.00. The number of anilines is 1. The average molecular weight is 379 g/mol. The lowest BCUT2D eigenvalue weighted by molar-refractivity contribution is -0.117. The van der Waals surface area contributed by atoms with Gasteiger partial charge in [-0.3, -0.25) is 9.36 Å². The first-order chi connectivity index (χ1) is 13.1. The Bertz CT molecular complexity index is 908. The SMILES string of the molecule is C=CCn1c(S[C@@H](C)C(=O)N(C)c2ccccc2)nnc1-c1ccccc1. The number of amides is 1. The number of benzene rings is 2. The minimum atomic E-state index is -0.299. The van der Waals surface area contributed by atoms with Crippen LogP contribution in [0.4, 0.5) is 5.69 Å². The molecule has 0 fully saturated rings. The Labute approximate surface area is 163 Å². The zero-order valence-corrected chi connectivity index (χ0v) is 16.3. The zero-order valence-electron chi connectivity index (χ0n) is 15.4. The molecule has 0 spiro atoms. The first kappa shape index (κ1) is 18.9. The molecular weight excluding hydrogens is 356 g/mol. The van der Waals surface area contributed by atoms with E-state index < -0.39 is 0 Å². The molecule has 0 aliphatic heterocycles. The molecule has 3 aromatic rings. The summed E-state index contributed by atoms with van der Waals surface area (Å²) < 4.78 is 1.99. The van der Waals surface area contributed by atoms with Crippen molar-refractivity contribution in [3.8, 4) is 11.4 Å². The van der Waals surface area contributed by atoms with E-state index in [1.54, 1.807) is 11.9 Å². The molecule has 1 atom stereocenters. The lowest BCUT2D eigenvalue weighted by Crippen LogP contribution is -2.33. The number of aromatic nitrogens is 3. The molecule has 1 aromatic heterocycles. The van der Waals surface area contributed by atoms with Crippen molar-refractivity contribution >= 4 is 23.4 Å². The second kappa shape index (κ2) is 8.68. The maximum Gasteiger partial charge on any atom is 0.240 e. The fraction of sp³-hybridized carbons (Fsp3) is 0.190. The molecule has 0 aliphatic carbocycles. The zero-order chi connectivity index (χ0) is 19.2.